The van der Waals surface area contributed by atoms with Crippen LogP contribution in [0.25, 0.3) is 0 Å². The van der Waals surface area contributed by atoms with Crippen LogP contribution in [0.5, 0.6) is 0 Å². The van der Waals surface area contributed by atoms with Gasteiger partial charge >= 0.3 is 0 Å². The van der Waals surface area contributed by atoms with E-state index in [1.165, 1.54) is 12.3 Å². The number of pyridine rings is 1. The monoisotopic (exact) mass is 244 g/mol. The van der Waals surface area contributed by atoms with Crippen LogP contribution < -0.4 is 4.90 Å². The summed E-state index contributed by atoms with van der Waals surface area (Å²) in [5, 5.41) is 10.3. The van der Waals surface area contributed by atoms with E-state index >= 15 is 0 Å². The van der Waals surface area contributed by atoms with Crippen molar-refractivity contribution in [2.75, 3.05) is 18.0 Å². The fraction of sp³-hybridized carbons (Fsp3) is 0.545. The van der Waals surface area contributed by atoms with Crippen molar-refractivity contribution in [2.24, 2.45) is 5.92 Å². The van der Waals surface area contributed by atoms with E-state index in [1.807, 2.05) is 13.8 Å². The lowest BCUT2D eigenvalue weighted by atomic mass is 9.83. The van der Waals surface area contributed by atoms with Crippen molar-refractivity contribution in [3.8, 4) is 0 Å². The number of aliphatic hydroxyl groups is 1. The molecule has 1 aromatic rings. The predicted octanol–water partition coefficient (Wildman–Crippen LogP) is 2.08. The Hall–Kier alpha value is -0.870. The van der Waals surface area contributed by atoms with E-state index in [1.54, 1.807) is 4.90 Å². The highest BCUT2D eigenvalue weighted by molar-refractivity contribution is 6.30. The first kappa shape index (κ1) is 11.6. The molecule has 0 aliphatic carbocycles. The van der Waals surface area contributed by atoms with Gasteiger partial charge in [-0.3, -0.25) is 0 Å². The van der Waals surface area contributed by atoms with E-state index in [9.17, 15) is 9.50 Å². The molecule has 0 amide bonds. The smallest absolute Gasteiger partial charge is 0.167 e. The molecule has 1 aromatic heterocycles. The van der Waals surface area contributed by atoms with Crippen molar-refractivity contribution >= 4 is 17.4 Å². The number of nitrogens with zero attached hydrogens (tertiary/aromatic N) is 2. The molecule has 1 fully saturated rings. The highest BCUT2D eigenvalue weighted by Gasteiger charge is 2.44. The number of rotatable bonds is 2. The molecule has 0 unspecified atom stereocenters. The highest BCUT2D eigenvalue weighted by Crippen LogP contribution is 2.33. The van der Waals surface area contributed by atoms with Crippen LogP contribution in [-0.4, -0.2) is 28.8 Å². The van der Waals surface area contributed by atoms with E-state index in [-0.39, 0.29) is 16.8 Å². The SMILES string of the molecule is CC(C)C1(O)CN(c2ncc(Cl)cc2F)C1. The average molecular weight is 245 g/mol. The molecule has 1 saturated heterocycles. The van der Waals surface area contributed by atoms with Gasteiger partial charge in [0.1, 0.15) is 5.60 Å². The fourth-order valence-electron chi connectivity index (χ4n) is 1.77. The molecule has 88 valence electrons. The summed E-state index contributed by atoms with van der Waals surface area (Å²) in [4.78, 5) is 5.65. The first-order valence-electron chi connectivity index (χ1n) is 5.21. The second kappa shape index (κ2) is 3.86. The zero-order valence-electron chi connectivity index (χ0n) is 9.24. The van der Waals surface area contributed by atoms with Gasteiger partial charge in [0.05, 0.1) is 18.1 Å². The zero-order chi connectivity index (χ0) is 11.9. The van der Waals surface area contributed by atoms with Gasteiger partial charge in [-0.25, -0.2) is 9.37 Å². The molecule has 2 heterocycles. The zero-order valence-corrected chi connectivity index (χ0v) is 10.00. The standard InChI is InChI=1S/C11H14ClFN2O/c1-7(2)11(16)5-15(6-11)10-9(13)3-8(12)4-14-10/h3-4,7,16H,5-6H2,1-2H3. The summed E-state index contributed by atoms with van der Waals surface area (Å²) in [7, 11) is 0. The Labute approximate surface area is 98.9 Å². The van der Waals surface area contributed by atoms with Crippen LogP contribution in [0, 0.1) is 11.7 Å². The van der Waals surface area contributed by atoms with E-state index in [0.717, 1.165) is 0 Å². The predicted molar refractivity (Wildman–Crippen MR) is 61.2 cm³/mol. The van der Waals surface area contributed by atoms with Crippen molar-refractivity contribution in [1.82, 2.24) is 4.98 Å². The van der Waals surface area contributed by atoms with Gasteiger partial charge in [0, 0.05) is 6.20 Å². The van der Waals surface area contributed by atoms with Crippen molar-refractivity contribution < 1.29 is 9.50 Å². The lowest BCUT2D eigenvalue weighted by Crippen LogP contribution is -2.65. The highest BCUT2D eigenvalue weighted by atomic mass is 35.5. The van der Waals surface area contributed by atoms with Crippen molar-refractivity contribution in [3.05, 3.63) is 23.1 Å². The van der Waals surface area contributed by atoms with E-state index in [4.69, 9.17) is 11.6 Å². The molecule has 0 saturated carbocycles. The molecule has 0 radical (unpaired) electrons. The molecule has 16 heavy (non-hydrogen) atoms. The summed E-state index contributed by atoms with van der Waals surface area (Å²) in [6.07, 6.45) is 1.41. The Kier molecular flexibility index (Phi) is 2.80. The van der Waals surface area contributed by atoms with Gasteiger partial charge < -0.3 is 10.0 Å². The number of anilines is 1. The lowest BCUT2D eigenvalue weighted by molar-refractivity contribution is -0.0307. The minimum Gasteiger partial charge on any atom is -0.386 e. The van der Waals surface area contributed by atoms with Crippen molar-refractivity contribution in [3.63, 3.8) is 0 Å². The number of halogens is 2. The molecule has 3 nitrogen and oxygen atoms in total. The van der Waals surface area contributed by atoms with Crippen LogP contribution in [0.3, 0.4) is 0 Å². The van der Waals surface area contributed by atoms with E-state index in [2.05, 4.69) is 4.98 Å². The van der Waals surface area contributed by atoms with Crippen LogP contribution in [0.2, 0.25) is 5.02 Å². The van der Waals surface area contributed by atoms with Gasteiger partial charge in [0.2, 0.25) is 0 Å². The van der Waals surface area contributed by atoms with Crippen LogP contribution in [0.4, 0.5) is 10.2 Å². The molecular weight excluding hydrogens is 231 g/mol. The molecule has 0 bridgehead atoms. The third kappa shape index (κ3) is 1.87. The van der Waals surface area contributed by atoms with E-state index < -0.39 is 11.4 Å². The summed E-state index contributed by atoms with van der Waals surface area (Å²) in [6, 6.07) is 1.23. The summed E-state index contributed by atoms with van der Waals surface area (Å²) in [5.41, 5.74) is -0.728. The molecule has 0 atom stereocenters. The molecular formula is C11H14ClFN2O. The molecule has 1 N–H and O–H groups in total. The van der Waals surface area contributed by atoms with Gasteiger partial charge in [-0.2, -0.15) is 0 Å². The Morgan fingerprint density at radius 1 is 1.56 bits per heavy atom. The Morgan fingerprint density at radius 2 is 2.19 bits per heavy atom. The van der Waals surface area contributed by atoms with E-state index in [0.29, 0.717) is 13.1 Å². The Morgan fingerprint density at radius 3 is 2.69 bits per heavy atom. The molecule has 2 rings (SSSR count). The number of aromatic nitrogens is 1. The minimum atomic E-state index is -0.728. The summed E-state index contributed by atoms with van der Waals surface area (Å²) >= 11 is 5.62. The van der Waals surface area contributed by atoms with Crippen LogP contribution >= 0.6 is 11.6 Å². The van der Waals surface area contributed by atoms with Gasteiger partial charge in [0.25, 0.3) is 0 Å². The third-order valence-electron chi connectivity index (χ3n) is 3.09. The summed E-state index contributed by atoms with van der Waals surface area (Å²) < 4.78 is 13.5. The molecule has 0 aromatic carbocycles. The number of hydrogen-bond acceptors (Lipinski definition) is 3. The summed E-state index contributed by atoms with van der Waals surface area (Å²) in [5.74, 6) is -0.0351. The van der Waals surface area contributed by atoms with Gasteiger partial charge in [0.15, 0.2) is 11.6 Å². The second-order valence-electron chi connectivity index (χ2n) is 4.57. The maximum atomic E-state index is 13.5. The van der Waals surface area contributed by atoms with Crippen LogP contribution in [-0.2, 0) is 0 Å². The van der Waals surface area contributed by atoms with Crippen molar-refractivity contribution in [1.29, 1.82) is 0 Å². The molecule has 0 spiro atoms. The van der Waals surface area contributed by atoms with Crippen molar-refractivity contribution in [2.45, 2.75) is 19.4 Å². The van der Waals surface area contributed by atoms with Gasteiger partial charge in [-0.05, 0) is 12.0 Å². The normalized spacial score (nSPS) is 18.8. The van der Waals surface area contributed by atoms with Crippen LogP contribution in [0.1, 0.15) is 13.8 Å². The minimum absolute atomic E-state index is 0.152. The lowest BCUT2D eigenvalue weighted by Gasteiger charge is -2.49. The Balaban J connectivity index is 2.12. The molecule has 5 heteroatoms. The first-order valence-corrected chi connectivity index (χ1v) is 5.58. The maximum absolute atomic E-state index is 13.5. The quantitative estimate of drug-likeness (QED) is 0.866. The topological polar surface area (TPSA) is 36.4 Å². The molecule has 1 aliphatic rings. The maximum Gasteiger partial charge on any atom is 0.167 e. The van der Waals surface area contributed by atoms with Gasteiger partial charge in [-0.1, -0.05) is 25.4 Å². The fourth-order valence-corrected chi connectivity index (χ4v) is 1.91. The second-order valence-corrected chi connectivity index (χ2v) is 5.01. The number of β-amino-alcohol motifs (C(OH)–C–C–N with tert-alkyl or cyclic N) is 1. The third-order valence-corrected chi connectivity index (χ3v) is 3.30. The Bertz CT molecular complexity index is 405. The van der Waals surface area contributed by atoms with Gasteiger partial charge in [-0.15, -0.1) is 0 Å². The first-order chi connectivity index (χ1) is 7.42. The number of hydrogen-bond donors (Lipinski definition) is 1. The summed E-state index contributed by atoms with van der Waals surface area (Å²) in [6.45, 7) is 4.72. The molecule has 1 aliphatic heterocycles. The average Bonchev–Trinajstić information content (AvgIpc) is 2.13. The largest absolute Gasteiger partial charge is 0.386 e. The van der Waals surface area contributed by atoms with Crippen LogP contribution in [0.15, 0.2) is 12.3 Å².